The van der Waals surface area contributed by atoms with Crippen LogP contribution in [0.3, 0.4) is 0 Å². The van der Waals surface area contributed by atoms with Gasteiger partial charge in [0.1, 0.15) is 22.5 Å². The fourth-order valence-corrected chi connectivity index (χ4v) is 6.68. The summed E-state index contributed by atoms with van der Waals surface area (Å²) in [5, 5.41) is 29.3. The third-order valence-electron chi connectivity index (χ3n) is 10.2. The summed E-state index contributed by atoms with van der Waals surface area (Å²) in [5.74, 6) is -1.02. The number of amides is 3. The summed E-state index contributed by atoms with van der Waals surface area (Å²) < 4.78 is 2.41. The average Bonchev–Trinajstić information content (AvgIpc) is 3.92. The normalized spacial score (nSPS) is 10.6. The van der Waals surface area contributed by atoms with Crippen molar-refractivity contribution in [2.24, 2.45) is 0 Å². The van der Waals surface area contributed by atoms with Crippen LogP contribution in [0.25, 0.3) is 21.3 Å². The fourth-order valence-electron chi connectivity index (χ4n) is 5.78. The SMILES string of the molecule is O=C(Cl)c1cc(Cl)nn1-c1ncccc1Cl.[C-]#[N+]c1cc(C)c(N)c(C(=O)N(C)C(C)(C)C#N)c1.[C-]#[N+]c1cc(C)c(NC(=O)c2cc(Cl)nn2-c2ncccc2Cl)c(C(=O)N(C)C(C)(C)C#N)c1. The second-order valence-corrected chi connectivity index (χ2v) is 17.5. The van der Waals surface area contributed by atoms with Gasteiger partial charge in [-0.2, -0.15) is 20.7 Å². The molecule has 0 aliphatic heterocycles. The molecule has 0 aliphatic rings. The second kappa shape index (κ2) is 22.5. The van der Waals surface area contributed by atoms with Gasteiger partial charge >= 0.3 is 0 Å². The van der Waals surface area contributed by atoms with Crippen LogP contribution in [0.1, 0.15) is 80.5 Å². The van der Waals surface area contributed by atoms with Gasteiger partial charge in [0, 0.05) is 44.3 Å². The van der Waals surface area contributed by atoms with Crippen molar-refractivity contribution in [2.45, 2.75) is 52.6 Å². The van der Waals surface area contributed by atoms with Crippen LogP contribution in [-0.2, 0) is 0 Å². The van der Waals surface area contributed by atoms with Crippen LogP contribution >= 0.6 is 58.0 Å². The molecule has 0 fully saturated rings. The maximum atomic E-state index is 13.3. The van der Waals surface area contributed by atoms with Gasteiger partial charge in [-0.25, -0.2) is 29.0 Å². The molecule has 4 heterocycles. The van der Waals surface area contributed by atoms with Crippen molar-refractivity contribution < 1.29 is 19.2 Å². The lowest BCUT2D eigenvalue weighted by atomic mass is 10.0. The van der Waals surface area contributed by atoms with Gasteiger partial charge in [-0.3, -0.25) is 19.2 Å². The highest BCUT2D eigenvalue weighted by atomic mass is 35.5. The number of nitrogens with two attached hydrogens (primary N) is 1. The quantitative estimate of drug-likeness (QED) is 0.0786. The second-order valence-electron chi connectivity index (χ2n) is 15.6. The smallest absolute Gasteiger partial charge is 0.274 e. The van der Waals surface area contributed by atoms with Gasteiger partial charge in [0.25, 0.3) is 23.0 Å². The minimum absolute atomic E-state index is 0.0309. The van der Waals surface area contributed by atoms with Gasteiger partial charge in [-0.15, -0.1) is 0 Å². The zero-order valence-electron chi connectivity index (χ0n) is 37.9. The Hall–Kier alpha value is -7.55. The molecule has 0 aliphatic carbocycles. The molecule has 3 amide bonds. The van der Waals surface area contributed by atoms with Crippen LogP contribution < -0.4 is 11.1 Å². The molecule has 3 N–H and O–H groups in total. The van der Waals surface area contributed by atoms with Crippen molar-refractivity contribution >= 4 is 104 Å². The van der Waals surface area contributed by atoms with E-state index in [4.69, 9.17) is 82.1 Å². The standard InChI is InChI=1S/C23H19Cl2N7O2.C14H16N4O.C9H4Cl3N3O/c1-13-9-14(27-4)10-15(22(34)31(5)23(2,3)12-26)19(13)29-21(33)17-11-18(25)30-32(17)20-16(24)7-6-8-28-20;1-9-6-10(17-4)7-11(12(9)16)13(19)18(5)14(2,3)8-15;10-5-2-1-3-13-9(5)15-6(8(12)16)4-7(11)14-15/h6-11H,1-3,5H3,(H,29,33);6-7H,16H2,1-3,5H3;1-4H. The number of aryl methyl sites for hydroxylation is 2. The number of hydrogen-bond acceptors (Lipinski definition) is 11. The summed E-state index contributed by atoms with van der Waals surface area (Å²) >= 11 is 29.3. The van der Waals surface area contributed by atoms with E-state index >= 15 is 0 Å². The first kappa shape index (κ1) is 54.1. The highest BCUT2D eigenvalue weighted by Crippen LogP contribution is 2.32. The van der Waals surface area contributed by atoms with Crippen molar-refractivity contribution in [3.8, 4) is 23.8 Å². The molecule has 23 heteroatoms. The lowest BCUT2D eigenvalue weighted by Gasteiger charge is -2.30. The molecule has 0 bridgehead atoms. The maximum Gasteiger partial charge on any atom is 0.274 e. The molecule has 6 rings (SSSR count). The Morgan fingerprint density at radius 3 is 1.57 bits per heavy atom. The maximum absolute atomic E-state index is 13.3. The number of nitrogens with one attached hydrogen (secondary N) is 1. The number of hydrogen-bond donors (Lipinski definition) is 2. The number of carbonyl (C=O) groups is 4. The molecule has 0 saturated carbocycles. The van der Waals surface area contributed by atoms with Gasteiger partial charge < -0.3 is 20.9 Å². The van der Waals surface area contributed by atoms with Crippen molar-refractivity contribution in [1.29, 1.82) is 10.5 Å². The Labute approximate surface area is 422 Å². The molecule has 0 radical (unpaired) electrons. The van der Waals surface area contributed by atoms with E-state index in [1.54, 1.807) is 85.0 Å². The van der Waals surface area contributed by atoms with Crippen LogP contribution in [0.4, 0.5) is 22.7 Å². The zero-order valence-corrected chi connectivity index (χ0v) is 41.7. The van der Waals surface area contributed by atoms with Gasteiger partial charge in [0.2, 0.25) is 0 Å². The number of halogens is 5. The summed E-state index contributed by atoms with van der Waals surface area (Å²) in [6.07, 6.45) is 3.02. The van der Waals surface area contributed by atoms with Crippen molar-refractivity contribution in [1.82, 2.24) is 39.3 Å². The Bertz CT molecular complexity index is 3170. The topological polar surface area (TPSA) is 231 Å². The first-order chi connectivity index (χ1) is 32.3. The highest BCUT2D eigenvalue weighted by Gasteiger charge is 2.32. The monoisotopic (exact) mass is 1030 g/mol. The number of nitrogens with zero attached hydrogens (tertiary/aromatic N) is 12. The van der Waals surface area contributed by atoms with Crippen LogP contribution in [-0.4, -0.2) is 87.5 Å². The number of rotatable bonds is 9. The number of nitriles is 2. The summed E-state index contributed by atoms with van der Waals surface area (Å²) in [6, 6.07) is 19.4. The highest BCUT2D eigenvalue weighted by molar-refractivity contribution is 6.67. The van der Waals surface area contributed by atoms with Crippen molar-refractivity contribution in [2.75, 3.05) is 25.1 Å². The Balaban J connectivity index is 0.000000249. The Morgan fingerprint density at radius 2 is 1.13 bits per heavy atom. The summed E-state index contributed by atoms with van der Waals surface area (Å²) in [6.45, 7) is 24.3. The van der Waals surface area contributed by atoms with Crippen molar-refractivity contribution in [3.05, 3.63) is 150 Å². The molecular weight excluding hydrogens is 990 g/mol. The van der Waals surface area contributed by atoms with E-state index in [2.05, 4.69) is 47.3 Å². The van der Waals surface area contributed by atoms with E-state index in [-0.39, 0.29) is 60.9 Å². The lowest BCUT2D eigenvalue weighted by molar-refractivity contribution is 0.0691. The molecule has 0 unspecified atom stereocenters. The third-order valence-corrected chi connectivity index (χ3v) is 11.3. The Morgan fingerprint density at radius 1 is 0.710 bits per heavy atom. The number of benzene rings is 2. The molecule has 0 atom stereocenters. The van der Waals surface area contributed by atoms with Crippen molar-refractivity contribution in [3.63, 3.8) is 0 Å². The van der Waals surface area contributed by atoms with Gasteiger partial charge in [0.15, 0.2) is 33.3 Å². The summed E-state index contributed by atoms with van der Waals surface area (Å²) in [7, 11) is 3.03. The summed E-state index contributed by atoms with van der Waals surface area (Å²) in [4.78, 5) is 67.6. The number of pyridine rings is 2. The lowest BCUT2D eigenvalue weighted by Crippen LogP contribution is -2.44. The first-order valence-corrected chi connectivity index (χ1v) is 21.7. The van der Waals surface area contributed by atoms with E-state index in [0.29, 0.717) is 33.3 Å². The molecule has 2 aromatic carbocycles. The third kappa shape index (κ3) is 12.5. The average molecular weight is 1030 g/mol. The van der Waals surface area contributed by atoms with Gasteiger partial charge in [0.05, 0.1) is 52.1 Å². The minimum Gasteiger partial charge on any atom is -0.398 e. The van der Waals surface area contributed by atoms with Crippen LogP contribution in [0.15, 0.2) is 73.1 Å². The number of anilines is 2. The number of carbonyl (C=O) groups excluding carboxylic acids is 4. The van der Waals surface area contributed by atoms with Crippen LogP contribution in [0, 0.1) is 49.7 Å². The predicted octanol–water partition coefficient (Wildman–Crippen LogP) is 10.5. The zero-order chi connectivity index (χ0) is 51.7. The molecule has 69 heavy (non-hydrogen) atoms. The van der Waals surface area contributed by atoms with Crippen LogP contribution in [0.2, 0.25) is 20.4 Å². The molecule has 18 nitrogen and oxygen atoms in total. The molecule has 4 aromatic heterocycles. The van der Waals surface area contributed by atoms with Gasteiger partial charge in [-0.1, -0.05) is 58.5 Å². The fraction of sp³-hybridized carbons (Fsp3) is 0.217. The van der Waals surface area contributed by atoms with Crippen LogP contribution in [0.5, 0.6) is 0 Å². The molecule has 0 saturated heterocycles. The minimum atomic E-state index is -1.12. The van der Waals surface area contributed by atoms with E-state index in [1.165, 1.54) is 62.9 Å². The van der Waals surface area contributed by atoms with Gasteiger partial charge in [-0.05, 0) is 101 Å². The van der Waals surface area contributed by atoms with E-state index in [9.17, 15) is 24.4 Å². The Kier molecular flexibility index (Phi) is 17.6. The summed E-state index contributed by atoms with van der Waals surface area (Å²) in [5.41, 5.74) is 6.60. The van der Waals surface area contributed by atoms with E-state index < -0.39 is 28.1 Å². The molecular formula is C46H39Cl5N14O4. The van der Waals surface area contributed by atoms with E-state index in [0.717, 1.165) is 0 Å². The van der Waals surface area contributed by atoms with E-state index in [1.807, 2.05) is 0 Å². The molecule has 6 aromatic rings. The largest absolute Gasteiger partial charge is 0.398 e. The molecule has 0 spiro atoms. The number of aromatic nitrogens is 6. The predicted molar refractivity (Wildman–Crippen MR) is 264 cm³/mol. The molecule has 352 valence electrons. The first-order valence-electron chi connectivity index (χ1n) is 19.8. The number of nitrogen functional groups attached to an aromatic ring is 1.